The monoisotopic (exact) mass is 517 g/mol. The van der Waals surface area contributed by atoms with Crippen molar-refractivity contribution in [3.05, 3.63) is 95.1 Å². The van der Waals surface area contributed by atoms with Crippen molar-refractivity contribution in [3.63, 3.8) is 0 Å². The Hall–Kier alpha value is -3.70. The molecule has 0 fully saturated rings. The van der Waals surface area contributed by atoms with Gasteiger partial charge in [-0.25, -0.2) is 9.37 Å². The van der Waals surface area contributed by atoms with Crippen LogP contribution in [0, 0.1) is 11.2 Å². The van der Waals surface area contributed by atoms with Gasteiger partial charge >= 0.3 is 6.18 Å². The fourth-order valence-corrected chi connectivity index (χ4v) is 3.75. The fourth-order valence-electron chi connectivity index (χ4n) is 3.29. The highest BCUT2D eigenvalue weighted by Gasteiger charge is 2.36. The zero-order valence-electron chi connectivity index (χ0n) is 19.3. The first kappa shape index (κ1) is 26.9. The molecule has 1 aromatic heterocycles. The number of rotatable bonds is 9. The van der Waals surface area contributed by atoms with Crippen LogP contribution in [-0.4, -0.2) is 30.7 Å². The zero-order chi connectivity index (χ0) is 26.3. The second-order valence-electron chi connectivity index (χ2n) is 7.42. The summed E-state index contributed by atoms with van der Waals surface area (Å²) in [5.41, 5.74) is -1.04. The molecule has 4 N–H and O–H groups in total. The number of carbonyl (C=O) groups excluding carboxylic acids is 1. The van der Waals surface area contributed by atoms with Crippen molar-refractivity contribution in [3.8, 4) is 11.3 Å². The van der Waals surface area contributed by atoms with Gasteiger partial charge in [-0.2, -0.15) is 13.2 Å². The number of carbonyl (C=O) groups is 1. The largest absolute Gasteiger partial charge is 0.417 e. The minimum absolute atomic E-state index is 0.237. The van der Waals surface area contributed by atoms with Crippen molar-refractivity contribution in [2.45, 2.75) is 11.9 Å². The van der Waals surface area contributed by atoms with Crippen LogP contribution >= 0.6 is 11.9 Å². The summed E-state index contributed by atoms with van der Waals surface area (Å²) in [5, 5.41) is 13.2. The van der Waals surface area contributed by atoms with Gasteiger partial charge in [-0.05, 0) is 43.6 Å². The third kappa shape index (κ3) is 6.49. The Balaban J connectivity index is 2.04. The van der Waals surface area contributed by atoms with E-state index in [4.69, 9.17) is 5.41 Å². The van der Waals surface area contributed by atoms with Crippen LogP contribution in [0.3, 0.4) is 0 Å². The van der Waals surface area contributed by atoms with Gasteiger partial charge in [-0.3, -0.25) is 9.52 Å². The molecule has 0 atom stereocenters. The van der Waals surface area contributed by atoms with E-state index in [0.29, 0.717) is 17.0 Å². The maximum atomic E-state index is 14.8. The third-order valence-corrected chi connectivity index (χ3v) is 5.71. The number of amides is 1. The Kier molecular flexibility index (Phi) is 8.83. The second kappa shape index (κ2) is 11.8. The number of benzene rings is 2. The van der Waals surface area contributed by atoms with Crippen molar-refractivity contribution in [2.75, 3.05) is 19.4 Å². The Morgan fingerprint density at radius 3 is 2.44 bits per heavy atom. The molecule has 3 aromatic rings. The standard InChI is InChI=1S/C25H23F4N5OS/c1-31-11-10-21(30)17-12-18(20(26)13-19(17)25(27,28)29)24(35)34-22-9-8-16(14-36-32-2)33-23(22)15-6-4-3-5-7-15/h3-13,30-32H,14H2,1-2H3,(H,34,35)/b11-10-,30-21?. The van der Waals surface area contributed by atoms with Crippen LogP contribution in [0.1, 0.15) is 27.2 Å². The van der Waals surface area contributed by atoms with Gasteiger partial charge in [0.25, 0.3) is 5.91 Å². The van der Waals surface area contributed by atoms with Crippen LogP contribution in [0.15, 0.2) is 66.9 Å². The fraction of sp³-hybridized carbons (Fsp3) is 0.160. The van der Waals surface area contributed by atoms with Gasteiger partial charge in [0.15, 0.2) is 0 Å². The van der Waals surface area contributed by atoms with Crippen molar-refractivity contribution in [2.24, 2.45) is 0 Å². The molecule has 1 heterocycles. The van der Waals surface area contributed by atoms with E-state index in [1.807, 2.05) is 6.07 Å². The summed E-state index contributed by atoms with van der Waals surface area (Å²) in [5.74, 6) is -1.78. The summed E-state index contributed by atoms with van der Waals surface area (Å²) in [6, 6.07) is 13.3. The average Bonchev–Trinajstić information content (AvgIpc) is 2.86. The van der Waals surface area contributed by atoms with E-state index in [0.717, 1.165) is 17.8 Å². The molecule has 2 aromatic carbocycles. The number of halogens is 4. The lowest BCUT2D eigenvalue weighted by Crippen LogP contribution is -2.19. The van der Waals surface area contributed by atoms with Crippen molar-refractivity contribution in [1.82, 2.24) is 15.0 Å². The lowest BCUT2D eigenvalue weighted by atomic mass is 9.98. The molecule has 36 heavy (non-hydrogen) atoms. The maximum absolute atomic E-state index is 14.8. The summed E-state index contributed by atoms with van der Waals surface area (Å²) in [7, 11) is 3.29. The van der Waals surface area contributed by atoms with Gasteiger partial charge in [0, 0.05) is 18.2 Å². The van der Waals surface area contributed by atoms with E-state index < -0.39 is 40.3 Å². The molecule has 1 amide bonds. The van der Waals surface area contributed by atoms with E-state index in [1.54, 1.807) is 43.4 Å². The highest BCUT2D eigenvalue weighted by molar-refractivity contribution is 7.96. The lowest BCUT2D eigenvalue weighted by molar-refractivity contribution is -0.137. The summed E-state index contributed by atoms with van der Waals surface area (Å²) < 4.78 is 58.3. The van der Waals surface area contributed by atoms with Gasteiger partial charge in [0.1, 0.15) is 5.82 Å². The molecule has 0 bridgehead atoms. The van der Waals surface area contributed by atoms with Crippen molar-refractivity contribution < 1.29 is 22.4 Å². The van der Waals surface area contributed by atoms with Gasteiger partial charge < -0.3 is 16.0 Å². The zero-order valence-corrected chi connectivity index (χ0v) is 20.2. The number of anilines is 1. The Morgan fingerprint density at radius 1 is 1.08 bits per heavy atom. The number of aromatic nitrogens is 1. The van der Waals surface area contributed by atoms with E-state index in [-0.39, 0.29) is 11.8 Å². The Labute approximate surface area is 209 Å². The number of allylic oxidation sites excluding steroid dienone is 1. The first-order valence-electron chi connectivity index (χ1n) is 10.6. The van der Waals surface area contributed by atoms with Gasteiger partial charge in [0.2, 0.25) is 0 Å². The molecule has 188 valence electrons. The quantitative estimate of drug-likeness (QED) is 0.168. The minimum atomic E-state index is -4.92. The first-order chi connectivity index (χ1) is 17.2. The van der Waals surface area contributed by atoms with Crippen molar-refractivity contribution in [1.29, 1.82) is 5.41 Å². The second-order valence-corrected chi connectivity index (χ2v) is 8.41. The minimum Gasteiger partial charge on any atom is -0.394 e. The van der Waals surface area contributed by atoms with Gasteiger partial charge in [-0.1, -0.05) is 42.3 Å². The molecule has 0 spiro atoms. The molecule has 0 aliphatic heterocycles. The highest BCUT2D eigenvalue weighted by atomic mass is 32.2. The molecule has 0 aliphatic rings. The van der Waals surface area contributed by atoms with Crippen molar-refractivity contribution >= 4 is 29.3 Å². The van der Waals surface area contributed by atoms with Crippen LogP contribution in [-0.2, 0) is 11.9 Å². The topological polar surface area (TPSA) is 89.9 Å². The summed E-state index contributed by atoms with van der Waals surface area (Å²) in [6.07, 6.45) is -2.57. The summed E-state index contributed by atoms with van der Waals surface area (Å²) in [4.78, 5) is 17.7. The van der Waals surface area contributed by atoms with Crippen LogP contribution in [0.25, 0.3) is 11.3 Å². The van der Waals surface area contributed by atoms with E-state index >= 15 is 0 Å². The smallest absolute Gasteiger partial charge is 0.394 e. The number of hydrogen-bond acceptors (Lipinski definition) is 6. The summed E-state index contributed by atoms with van der Waals surface area (Å²) in [6.45, 7) is 0. The molecule has 0 radical (unpaired) electrons. The third-order valence-electron chi connectivity index (χ3n) is 4.98. The van der Waals surface area contributed by atoms with Crippen LogP contribution < -0.4 is 15.4 Å². The molecule has 0 saturated heterocycles. The number of hydrogen-bond donors (Lipinski definition) is 4. The van der Waals surface area contributed by atoms with Crippen LogP contribution in [0.5, 0.6) is 0 Å². The molecule has 6 nitrogen and oxygen atoms in total. The number of nitrogens with one attached hydrogen (secondary N) is 4. The predicted molar refractivity (Wildman–Crippen MR) is 134 cm³/mol. The first-order valence-corrected chi connectivity index (χ1v) is 11.6. The molecule has 0 unspecified atom stereocenters. The molecular formula is C25H23F4N5OS. The SMILES string of the molecule is CN/C=C\C(=N)c1cc(C(=O)Nc2ccc(CSNC)nc2-c2ccccc2)c(F)cc1C(F)(F)F. The molecule has 0 saturated carbocycles. The number of pyridine rings is 1. The Bertz CT molecular complexity index is 1280. The molecule has 11 heteroatoms. The number of nitrogens with zero attached hydrogens (tertiary/aromatic N) is 1. The molecule has 0 aliphatic carbocycles. The van der Waals surface area contributed by atoms with Gasteiger partial charge in [-0.15, -0.1) is 0 Å². The maximum Gasteiger partial charge on any atom is 0.417 e. The lowest BCUT2D eigenvalue weighted by Gasteiger charge is -2.16. The van der Waals surface area contributed by atoms with E-state index in [9.17, 15) is 22.4 Å². The number of alkyl halides is 3. The molecule has 3 rings (SSSR count). The summed E-state index contributed by atoms with van der Waals surface area (Å²) >= 11 is 1.43. The normalized spacial score (nSPS) is 11.5. The average molecular weight is 518 g/mol. The van der Waals surface area contributed by atoms with Crippen LogP contribution in [0.2, 0.25) is 0 Å². The molecular weight excluding hydrogens is 494 g/mol. The van der Waals surface area contributed by atoms with Gasteiger partial charge in [0.05, 0.1) is 39.7 Å². The van der Waals surface area contributed by atoms with E-state index in [2.05, 4.69) is 20.3 Å². The highest BCUT2D eigenvalue weighted by Crippen LogP contribution is 2.34. The van der Waals surface area contributed by atoms with E-state index in [1.165, 1.54) is 25.2 Å². The Morgan fingerprint density at radius 2 is 1.81 bits per heavy atom. The van der Waals surface area contributed by atoms with Crippen LogP contribution in [0.4, 0.5) is 23.2 Å². The predicted octanol–water partition coefficient (Wildman–Crippen LogP) is 5.63.